The van der Waals surface area contributed by atoms with Gasteiger partial charge in [-0.05, 0) is 32.4 Å². The van der Waals surface area contributed by atoms with E-state index in [0.29, 0.717) is 17.8 Å². The van der Waals surface area contributed by atoms with Crippen molar-refractivity contribution in [1.82, 2.24) is 4.90 Å². The summed E-state index contributed by atoms with van der Waals surface area (Å²) in [4.78, 5) is 2.50. The van der Waals surface area contributed by atoms with Gasteiger partial charge >= 0.3 is 0 Å². The number of benzene rings is 2. The van der Waals surface area contributed by atoms with Crippen molar-refractivity contribution in [3.05, 3.63) is 36.4 Å². The van der Waals surface area contributed by atoms with Crippen molar-refractivity contribution in [1.29, 1.82) is 0 Å². The summed E-state index contributed by atoms with van der Waals surface area (Å²) in [5.41, 5.74) is 1.12. The molecule has 0 aliphatic carbocycles. The van der Waals surface area contributed by atoms with Gasteiger partial charge < -0.3 is 10.4 Å². The lowest BCUT2D eigenvalue weighted by atomic mass is 10.1. The molecule has 106 valence electrons. The van der Waals surface area contributed by atoms with Crippen molar-refractivity contribution in [3.63, 3.8) is 0 Å². The molecule has 3 nitrogen and oxygen atoms in total. The van der Waals surface area contributed by atoms with Crippen LogP contribution >= 0.6 is 0 Å². The number of aromatic hydroxyl groups is 1. The van der Waals surface area contributed by atoms with Crippen LogP contribution < -0.4 is 5.32 Å². The van der Waals surface area contributed by atoms with E-state index in [2.05, 4.69) is 36.2 Å². The Morgan fingerprint density at radius 3 is 2.65 bits per heavy atom. The van der Waals surface area contributed by atoms with Gasteiger partial charge in [-0.15, -0.1) is 0 Å². The van der Waals surface area contributed by atoms with Crippen molar-refractivity contribution in [2.24, 2.45) is 0 Å². The molecule has 0 radical (unpaired) electrons. The Bertz CT molecular complexity index is 609. The van der Waals surface area contributed by atoms with Crippen LogP contribution in [0, 0.1) is 0 Å². The largest absolute Gasteiger partial charge is 0.507 e. The minimum Gasteiger partial charge on any atom is -0.507 e. The molecule has 2 aromatic carbocycles. The van der Waals surface area contributed by atoms with Crippen LogP contribution in [0.1, 0.15) is 20.3 Å². The molecule has 0 spiro atoms. The quantitative estimate of drug-likeness (QED) is 0.897. The summed E-state index contributed by atoms with van der Waals surface area (Å²) in [5.74, 6) is 0.348. The van der Waals surface area contributed by atoms with Crippen molar-refractivity contribution < 1.29 is 5.11 Å². The Labute approximate surface area is 120 Å². The molecule has 0 bridgehead atoms. The van der Waals surface area contributed by atoms with E-state index in [-0.39, 0.29) is 0 Å². The highest BCUT2D eigenvalue weighted by atomic mass is 16.3. The summed E-state index contributed by atoms with van der Waals surface area (Å²) < 4.78 is 0. The maximum Gasteiger partial charge on any atom is 0.123 e. The van der Waals surface area contributed by atoms with Crippen LogP contribution in [0.15, 0.2) is 36.4 Å². The molecule has 0 saturated carbocycles. The number of hydrogen-bond donors (Lipinski definition) is 2. The number of anilines is 1. The Morgan fingerprint density at radius 1 is 1.15 bits per heavy atom. The summed E-state index contributed by atoms with van der Waals surface area (Å²) in [6, 6.07) is 12.9. The molecule has 1 aliphatic heterocycles. The summed E-state index contributed by atoms with van der Waals surface area (Å²) in [6.07, 6.45) is 1.17. The Hall–Kier alpha value is -1.74. The number of fused-ring (bicyclic) bond motifs is 1. The van der Waals surface area contributed by atoms with E-state index in [1.54, 1.807) is 6.07 Å². The van der Waals surface area contributed by atoms with Crippen molar-refractivity contribution in [2.75, 3.05) is 18.4 Å². The second kappa shape index (κ2) is 5.33. The van der Waals surface area contributed by atoms with Crippen LogP contribution in [-0.4, -0.2) is 35.2 Å². The number of phenols is 1. The number of nitrogens with one attached hydrogen (secondary N) is 1. The minimum absolute atomic E-state index is 0.348. The van der Waals surface area contributed by atoms with Crippen LogP contribution in [0.25, 0.3) is 10.8 Å². The number of likely N-dealkylation sites (tertiary alicyclic amines) is 1. The number of hydrogen-bond acceptors (Lipinski definition) is 3. The predicted octanol–water partition coefficient (Wildman–Crippen LogP) is 3.44. The summed E-state index contributed by atoms with van der Waals surface area (Å²) in [7, 11) is 0. The number of rotatable bonds is 3. The minimum atomic E-state index is 0.348. The van der Waals surface area contributed by atoms with Crippen molar-refractivity contribution in [3.8, 4) is 5.75 Å². The topological polar surface area (TPSA) is 35.5 Å². The van der Waals surface area contributed by atoms with Gasteiger partial charge in [-0.1, -0.05) is 24.3 Å². The molecular weight excluding hydrogens is 248 g/mol. The average Bonchev–Trinajstić information content (AvgIpc) is 2.89. The number of phenolic OH excluding ortho intramolecular Hbond substituents is 1. The van der Waals surface area contributed by atoms with Crippen LogP contribution in [0.2, 0.25) is 0 Å². The number of nitrogens with zero attached hydrogens (tertiary/aromatic N) is 1. The summed E-state index contributed by atoms with van der Waals surface area (Å²) in [6.45, 7) is 6.74. The monoisotopic (exact) mass is 270 g/mol. The average molecular weight is 270 g/mol. The maximum atomic E-state index is 9.94. The molecule has 0 aromatic heterocycles. The molecule has 3 rings (SSSR count). The molecule has 20 heavy (non-hydrogen) atoms. The van der Waals surface area contributed by atoms with Gasteiger partial charge in [-0.2, -0.15) is 0 Å². The Balaban J connectivity index is 1.84. The summed E-state index contributed by atoms with van der Waals surface area (Å²) >= 11 is 0. The van der Waals surface area contributed by atoms with Crippen molar-refractivity contribution in [2.45, 2.75) is 32.4 Å². The molecule has 1 aliphatic rings. The van der Waals surface area contributed by atoms with Gasteiger partial charge in [0.25, 0.3) is 0 Å². The van der Waals surface area contributed by atoms with Gasteiger partial charge in [-0.25, -0.2) is 0 Å². The van der Waals surface area contributed by atoms with Crippen LogP contribution in [0.3, 0.4) is 0 Å². The van der Waals surface area contributed by atoms with E-state index >= 15 is 0 Å². The van der Waals surface area contributed by atoms with Gasteiger partial charge in [0.05, 0.1) is 0 Å². The predicted molar refractivity (Wildman–Crippen MR) is 84.3 cm³/mol. The highest BCUT2D eigenvalue weighted by molar-refractivity contribution is 5.97. The third-order valence-corrected chi connectivity index (χ3v) is 4.21. The lowest BCUT2D eigenvalue weighted by Crippen LogP contribution is -2.31. The molecule has 1 heterocycles. The fraction of sp³-hybridized carbons (Fsp3) is 0.412. The Morgan fingerprint density at radius 2 is 1.90 bits per heavy atom. The maximum absolute atomic E-state index is 9.94. The molecule has 1 unspecified atom stereocenters. The first-order valence-electron chi connectivity index (χ1n) is 7.36. The standard InChI is InChI=1S/C17H22N2O/c1-12(2)19-10-9-13(11-19)18-16-7-3-6-15-14(16)5-4-8-17(15)20/h3-8,12-13,18,20H,9-11H2,1-2H3. The molecule has 2 aromatic rings. The fourth-order valence-corrected chi connectivity index (χ4v) is 3.01. The molecule has 2 N–H and O–H groups in total. The third-order valence-electron chi connectivity index (χ3n) is 4.21. The second-order valence-corrected chi connectivity index (χ2v) is 5.90. The zero-order valence-electron chi connectivity index (χ0n) is 12.1. The summed E-state index contributed by atoms with van der Waals surface area (Å²) in [5, 5.41) is 15.6. The second-order valence-electron chi connectivity index (χ2n) is 5.90. The van der Waals surface area contributed by atoms with Crippen LogP contribution in [0.4, 0.5) is 5.69 Å². The fourth-order valence-electron chi connectivity index (χ4n) is 3.01. The lowest BCUT2D eigenvalue weighted by Gasteiger charge is -2.21. The van der Waals surface area contributed by atoms with E-state index in [0.717, 1.165) is 29.5 Å². The van der Waals surface area contributed by atoms with Gasteiger partial charge in [-0.3, -0.25) is 4.90 Å². The molecule has 1 saturated heterocycles. The molecule has 3 heteroatoms. The van der Waals surface area contributed by atoms with Crippen LogP contribution in [-0.2, 0) is 0 Å². The van der Waals surface area contributed by atoms with E-state index in [1.165, 1.54) is 6.42 Å². The zero-order valence-corrected chi connectivity index (χ0v) is 12.1. The molecule has 1 atom stereocenters. The lowest BCUT2D eigenvalue weighted by molar-refractivity contribution is 0.274. The van der Waals surface area contributed by atoms with Gasteiger partial charge in [0, 0.05) is 41.6 Å². The van der Waals surface area contributed by atoms with E-state index in [9.17, 15) is 5.11 Å². The van der Waals surface area contributed by atoms with Gasteiger partial charge in [0.2, 0.25) is 0 Å². The highest BCUT2D eigenvalue weighted by Gasteiger charge is 2.24. The molecule has 1 fully saturated rings. The van der Waals surface area contributed by atoms with Crippen molar-refractivity contribution >= 4 is 16.5 Å². The first kappa shape index (κ1) is 13.3. The zero-order chi connectivity index (χ0) is 14.1. The SMILES string of the molecule is CC(C)N1CCC(Nc2cccc3c(O)cccc23)C1. The van der Waals surface area contributed by atoms with E-state index in [1.807, 2.05) is 18.2 Å². The highest BCUT2D eigenvalue weighted by Crippen LogP contribution is 2.31. The van der Waals surface area contributed by atoms with Gasteiger partial charge in [0.1, 0.15) is 5.75 Å². The first-order valence-corrected chi connectivity index (χ1v) is 7.36. The van der Waals surface area contributed by atoms with Gasteiger partial charge in [0.15, 0.2) is 0 Å². The van der Waals surface area contributed by atoms with E-state index < -0.39 is 0 Å². The van der Waals surface area contributed by atoms with E-state index in [4.69, 9.17) is 0 Å². The third kappa shape index (κ3) is 2.46. The molecular formula is C17H22N2O. The first-order chi connectivity index (χ1) is 9.65. The smallest absolute Gasteiger partial charge is 0.123 e. The molecule has 0 amide bonds. The Kier molecular flexibility index (Phi) is 3.53. The normalized spacial score (nSPS) is 19.9. The van der Waals surface area contributed by atoms with Crippen LogP contribution in [0.5, 0.6) is 5.75 Å².